The number of aromatic nitrogens is 4. The van der Waals surface area contributed by atoms with Crippen LogP contribution in [-0.4, -0.2) is 25.9 Å². The maximum atomic E-state index is 13.6. The first-order chi connectivity index (χ1) is 12.4. The molecule has 0 aliphatic carbocycles. The molecule has 26 heavy (non-hydrogen) atoms. The van der Waals surface area contributed by atoms with E-state index < -0.39 is 34.8 Å². The second-order valence-corrected chi connectivity index (χ2v) is 5.06. The first-order valence-corrected chi connectivity index (χ1v) is 7.05. The van der Waals surface area contributed by atoms with Gasteiger partial charge in [-0.25, -0.2) is 26.6 Å². The van der Waals surface area contributed by atoms with Crippen LogP contribution in [0.5, 0.6) is 0 Å². The van der Waals surface area contributed by atoms with Crippen LogP contribution in [-0.2, 0) is 0 Å². The second-order valence-electron chi connectivity index (χ2n) is 5.06. The van der Waals surface area contributed by atoms with Crippen molar-refractivity contribution in [2.45, 2.75) is 6.92 Å². The lowest BCUT2D eigenvalue weighted by Gasteiger charge is -2.09. The lowest BCUT2D eigenvalue weighted by atomic mass is 10.1. The van der Waals surface area contributed by atoms with E-state index in [1.165, 1.54) is 17.9 Å². The number of nitrogens with one attached hydrogen (secondary N) is 1. The molecule has 3 rings (SSSR count). The number of anilines is 1. The van der Waals surface area contributed by atoms with Crippen LogP contribution in [0.4, 0.5) is 27.6 Å². The van der Waals surface area contributed by atoms with Crippen molar-refractivity contribution >= 4 is 11.4 Å². The number of nitrogens with zero attached hydrogens (tertiary/aromatic N) is 5. The molecular formula is C15H9F5N6. The summed E-state index contributed by atoms with van der Waals surface area (Å²) in [4.78, 5) is 0. The lowest BCUT2D eigenvalue weighted by Crippen LogP contribution is -2.08. The number of hydrazone groups is 1. The highest BCUT2D eigenvalue weighted by molar-refractivity contribution is 5.99. The largest absolute Gasteiger partial charge is 0.272 e. The maximum Gasteiger partial charge on any atom is 0.200 e. The van der Waals surface area contributed by atoms with Crippen LogP contribution in [0.3, 0.4) is 0 Å². The molecule has 0 bridgehead atoms. The van der Waals surface area contributed by atoms with Gasteiger partial charge < -0.3 is 0 Å². The van der Waals surface area contributed by atoms with E-state index in [9.17, 15) is 22.0 Å². The Morgan fingerprint density at radius 2 is 1.65 bits per heavy atom. The fourth-order valence-electron chi connectivity index (χ4n) is 2.06. The smallest absolute Gasteiger partial charge is 0.200 e. The summed E-state index contributed by atoms with van der Waals surface area (Å²) >= 11 is 0. The molecule has 0 spiro atoms. The summed E-state index contributed by atoms with van der Waals surface area (Å²) < 4.78 is 68.0. The molecule has 2 aromatic carbocycles. The molecule has 0 saturated carbocycles. The van der Waals surface area contributed by atoms with Crippen LogP contribution in [0.25, 0.3) is 5.69 Å². The molecule has 0 amide bonds. The maximum absolute atomic E-state index is 13.6. The van der Waals surface area contributed by atoms with Gasteiger partial charge >= 0.3 is 0 Å². The minimum atomic E-state index is -2.24. The van der Waals surface area contributed by atoms with Crippen molar-refractivity contribution in [2.75, 3.05) is 5.43 Å². The zero-order valence-electron chi connectivity index (χ0n) is 13.0. The van der Waals surface area contributed by atoms with Gasteiger partial charge in [-0.15, -0.1) is 5.10 Å². The summed E-state index contributed by atoms with van der Waals surface area (Å²) in [6.45, 7) is 1.48. The van der Waals surface area contributed by atoms with E-state index in [4.69, 9.17) is 0 Å². The fourth-order valence-corrected chi connectivity index (χ4v) is 2.06. The zero-order valence-corrected chi connectivity index (χ0v) is 13.0. The average Bonchev–Trinajstić information content (AvgIpc) is 3.19. The number of hydrogen-bond acceptors (Lipinski definition) is 5. The quantitative estimate of drug-likeness (QED) is 0.253. The molecule has 1 aromatic heterocycles. The third-order valence-corrected chi connectivity index (χ3v) is 3.42. The van der Waals surface area contributed by atoms with Crippen molar-refractivity contribution in [2.24, 2.45) is 5.10 Å². The molecule has 0 saturated heterocycles. The second kappa shape index (κ2) is 6.86. The van der Waals surface area contributed by atoms with Crippen molar-refractivity contribution in [1.82, 2.24) is 20.2 Å². The van der Waals surface area contributed by atoms with Gasteiger partial charge in [-0.05, 0) is 35.0 Å². The van der Waals surface area contributed by atoms with Crippen LogP contribution in [0.1, 0.15) is 12.5 Å². The zero-order chi connectivity index (χ0) is 18.8. The summed E-state index contributed by atoms with van der Waals surface area (Å²) in [6.07, 6.45) is 1.36. The Morgan fingerprint density at radius 3 is 2.27 bits per heavy atom. The van der Waals surface area contributed by atoms with E-state index in [0.717, 1.165) is 0 Å². The van der Waals surface area contributed by atoms with Gasteiger partial charge in [0.2, 0.25) is 5.82 Å². The summed E-state index contributed by atoms with van der Waals surface area (Å²) in [6, 6.07) is 6.61. The predicted octanol–water partition coefficient (Wildman–Crippen LogP) is 3.19. The molecule has 0 unspecified atom stereocenters. The Balaban J connectivity index is 1.92. The Hall–Kier alpha value is -3.37. The number of rotatable bonds is 4. The number of benzene rings is 2. The molecule has 3 aromatic rings. The highest BCUT2D eigenvalue weighted by atomic mass is 19.2. The minimum Gasteiger partial charge on any atom is -0.272 e. The molecule has 11 heteroatoms. The number of tetrazole rings is 1. The third kappa shape index (κ3) is 3.10. The molecule has 0 aliphatic heterocycles. The van der Waals surface area contributed by atoms with Crippen molar-refractivity contribution in [3.05, 3.63) is 65.2 Å². The van der Waals surface area contributed by atoms with Crippen LogP contribution in [0, 0.1) is 29.1 Å². The SMILES string of the molecule is C/C(=N/Nc1c(F)c(F)c(F)c(F)c1F)c1cccc(-n2cnnn2)c1. The highest BCUT2D eigenvalue weighted by Crippen LogP contribution is 2.27. The van der Waals surface area contributed by atoms with Crippen molar-refractivity contribution in [1.29, 1.82) is 0 Å². The highest BCUT2D eigenvalue weighted by Gasteiger charge is 2.25. The molecular weight excluding hydrogens is 359 g/mol. The van der Waals surface area contributed by atoms with Crippen molar-refractivity contribution in [3.8, 4) is 5.69 Å². The van der Waals surface area contributed by atoms with Gasteiger partial charge in [0.15, 0.2) is 23.3 Å². The molecule has 1 N–H and O–H groups in total. The molecule has 0 aliphatic rings. The number of halogens is 5. The lowest BCUT2D eigenvalue weighted by molar-refractivity contribution is 0.381. The van der Waals surface area contributed by atoms with E-state index in [-0.39, 0.29) is 5.71 Å². The topological polar surface area (TPSA) is 68.0 Å². The molecule has 134 valence electrons. The van der Waals surface area contributed by atoms with E-state index in [1.807, 2.05) is 5.43 Å². The minimum absolute atomic E-state index is 0.226. The average molecular weight is 368 g/mol. The molecule has 0 fully saturated rings. The predicted molar refractivity (Wildman–Crippen MR) is 81.2 cm³/mol. The van der Waals surface area contributed by atoms with Gasteiger partial charge in [0.1, 0.15) is 12.0 Å². The Bertz CT molecular complexity index is 957. The van der Waals surface area contributed by atoms with E-state index in [0.29, 0.717) is 11.3 Å². The monoisotopic (exact) mass is 368 g/mol. The standard InChI is InChI=1S/C15H9F5N6/c1-7(8-3-2-4-9(5-8)26-6-21-24-25-26)22-23-15-13(19)11(17)10(16)12(18)14(15)20/h2-6,23H,1H3/b22-7-. The molecule has 6 nitrogen and oxygen atoms in total. The van der Waals surface area contributed by atoms with Gasteiger partial charge in [0, 0.05) is 0 Å². The van der Waals surface area contributed by atoms with Crippen molar-refractivity contribution < 1.29 is 22.0 Å². The van der Waals surface area contributed by atoms with E-state index >= 15 is 0 Å². The third-order valence-electron chi connectivity index (χ3n) is 3.42. The Labute approximate surface area is 143 Å². The number of hydrogen-bond donors (Lipinski definition) is 1. The summed E-state index contributed by atoms with van der Waals surface area (Å²) in [5.74, 6) is -10.3. The van der Waals surface area contributed by atoms with Gasteiger partial charge in [0.05, 0.1) is 11.4 Å². The van der Waals surface area contributed by atoms with Crippen molar-refractivity contribution in [3.63, 3.8) is 0 Å². The Morgan fingerprint density at radius 1 is 1.00 bits per heavy atom. The van der Waals surface area contributed by atoms with Crippen LogP contribution >= 0.6 is 0 Å². The van der Waals surface area contributed by atoms with Crippen LogP contribution in [0.2, 0.25) is 0 Å². The summed E-state index contributed by atoms with van der Waals surface area (Å²) in [5.41, 5.74) is 1.96. The molecule has 0 radical (unpaired) electrons. The first-order valence-electron chi connectivity index (χ1n) is 7.05. The van der Waals surface area contributed by atoms with Gasteiger partial charge in [-0.1, -0.05) is 12.1 Å². The van der Waals surface area contributed by atoms with Crippen LogP contribution < -0.4 is 5.43 Å². The molecule has 1 heterocycles. The van der Waals surface area contributed by atoms with E-state index in [1.54, 1.807) is 24.3 Å². The van der Waals surface area contributed by atoms with Gasteiger partial charge in [-0.3, -0.25) is 5.43 Å². The Kier molecular flexibility index (Phi) is 4.61. The van der Waals surface area contributed by atoms with Gasteiger partial charge in [0.25, 0.3) is 0 Å². The fraction of sp³-hybridized carbons (Fsp3) is 0.0667. The van der Waals surface area contributed by atoms with E-state index in [2.05, 4.69) is 20.6 Å². The van der Waals surface area contributed by atoms with Crippen LogP contribution in [0.15, 0.2) is 35.7 Å². The summed E-state index contributed by atoms with van der Waals surface area (Å²) in [5, 5.41) is 14.4. The normalized spacial score (nSPS) is 11.7. The summed E-state index contributed by atoms with van der Waals surface area (Å²) in [7, 11) is 0. The first kappa shape index (κ1) is 17.5. The molecule has 0 atom stereocenters. The van der Waals surface area contributed by atoms with Gasteiger partial charge in [-0.2, -0.15) is 5.10 Å².